The van der Waals surface area contributed by atoms with Crippen molar-refractivity contribution in [1.82, 2.24) is 5.32 Å². The van der Waals surface area contributed by atoms with Crippen LogP contribution in [0.3, 0.4) is 0 Å². The van der Waals surface area contributed by atoms with Crippen molar-refractivity contribution in [1.29, 1.82) is 0 Å². The van der Waals surface area contributed by atoms with E-state index < -0.39 is 0 Å². The van der Waals surface area contributed by atoms with Crippen LogP contribution in [0, 0.1) is 0 Å². The van der Waals surface area contributed by atoms with Gasteiger partial charge in [0.25, 0.3) is 0 Å². The van der Waals surface area contributed by atoms with Gasteiger partial charge in [-0.15, -0.1) is 0 Å². The van der Waals surface area contributed by atoms with Gasteiger partial charge in [0.05, 0.1) is 0 Å². The fourth-order valence-electron chi connectivity index (χ4n) is 1.10. The normalized spacial score (nSPS) is 18.3. The van der Waals surface area contributed by atoms with Gasteiger partial charge in [-0.05, 0) is 6.72 Å². The van der Waals surface area contributed by atoms with E-state index in [0.29, 0.717) is 0 Å². The highest BCUT2D eigenvalue weighted by Crippen LogP contribution is 2.22. The highest BCUT2D eigenvalue weighted by Gasteiger charge is 2.11. The first-order chi connectivity index (χ1) is 5.25. The summed E-state index contributed by atoms with van der Waals surface area (Å²) in [6.07, 6.45) is 0.948. The molecule has 0 aromatic carbocycles. The lowest BCUT2D eigenvalue weighted by atomic mass is 10.1. The maximum Gasteiger partial charge on any atom is 0.0464 e. The zero-order chi connectivity index (χ0) is 8.27. The highest BCUT2D eigenvalue weighted by molar-refractivity contribution is 9.11. The van der Waals surface area contributed by atoms with E-state index in [4.69, 9.17) is 0 Å². The summed E-state index contributed by atoms with van der Waals surface area (Å²) >= 11 is 3.34. The van der Waals surface area contributed by atoms with Crippen LogP contribution in [-0.4, -0.2) is 19.8 Å². The Morgan fingerprint density at radius 1 is 1.64 bits per heavy atom. The molecular weight excluding hydrogens is 204 g/mol. The van der Waals surface area contributed by atoms with Gasteiger partial charge in [-0.2, -0.15) is 0 Å². The first-order valence-electron chi connectivity index (χ1n) is 3.50. The fraction of sp³-hybridized carbons (Fsp3) is 0.375. The molecule has 0 spiro atoms. The van der Waals surface area contributed by atoms with Crippen LogP contribution in [0.4, 0.5) is 0 Å². The van der Waals surface area contributed by atoms with Crippen molar-refractivity contribution in [2.24, 2.45) is 4.99 Å². The molecule has 60 valence electrons. The Balaban J connectivity index is 2.90. The predicted molar refractivity (Wildman–Crippen MR) is 52.1 cm³/mol. The average molecular weight is 215 g/mol. The molecule has 1 aliphatic rings. The predicted octanol–water partition coefficient (Wildman–Crippen LogP) is 1.84. The fourth-order valence-corrected chi connectivity index (χ4v) is 1.47. The smallest absolute Gasteiger partial charge is 0.0464 e. The Kier molecular flexibility index (Phi) is 3.02. The van der Waals surface area contributed by atoms with E-state index in [1.807, 2.05) is 0 Å². The first kappa shape index (κ1) is 8.68. The number of nitrogens with zero attached hydrogens (tertiary/aromatic N) is 1. The molecule has 11 heavy (non-hydrogen) atoms. The summed E-state index contributed by atoms with van der Waals surface area (Å²) < 4.78 is 0.909. The van der Waals surface area contributed by atoms with Gasteiger partial charge in [0.1, 0.15) is 0 Å². The third-order valence-corrected chi connectivity index (χ3v) is 2.19. The van der Waals surface area contributed by atoms with Crippen molar-refractivity contribution in [3.05, 3.63) is 22.3 Å². The van der Waals surface area contributed by atoms with E-state index in [0.717, 1.165) is 35.3 Å². The van der Waals surface area contributed by atoms with Gasteiger partial charge >= 0.3 is 0 Å². The van der Waals surface area contributed by atoms with Crippen molar-refractivity contribution in [2.45, 2.75) is 6.42 Å². The molecule has 0 unspecified atom stereocenters. The number of hydrogen-bond acceptors (Lipinski definition) is 2. The molecule has 0 amide bonds. The maximum absolute atomic E-state index is 3.95. The molecule has 0 atom stereocenters. The molecule has 0 radical (unpaired) electrons. The van der Waals surface area contributed by atoms with Crippen molar-refractivity contribution in [3.8, 4) is 0 Å². The van der Waals surface area contributed by atoms with Crippen molar-refractivity contribution >= 4 is 22.6 Å². The molecule has 0 saturated carbocycles. The third kappa shape index (κ3) is 2.01. The monoisotopic (exact) mass is 214 g/mol. The minimum Gasteiger partial charge on any atom is -0.312 e. The minimum atomic E-state index is 0.846. The molecule has 1 heterocycles. The summed E-state index contributed by atoms with van der Waals surface area (Å²) in [6, 6.07) is 0. The molecular formula is C8H11BrN2. The van der Waals surface area contributed by atoms with Gasteiger partial charge in [0.15, 0.2) is 0 Å². The zero-order valence-electron chi connectivity index (χ0n) is 6.36. The summed E-state index contributed by atoms with van der Waals surface area (Å²) in [5.74, 6) is 0. The molecule has 0 fully saturated rings. The molecule has 1 aliphatic heterocycles. The minimum absolute atomic E-state index is 0.846. The molecule has 0 bridgehead atoms. The van der Waals surface area contributed by atoms with Crippen LogP contribution in [0.1, 0.15) is 6.42 Å². The first-order valence-corrected chi connectivity index (χ1v) is 4.29. The third-order valence-electron chi connectivity index (χ3n) is 1.71. The van der Waals surface area contributed by atoms with Gasteiger partial charge in [0.2, 0.25) is 0 Å². The second kappa shape index (κ2) is 3.83. The second-order valence-electron chi connectivity index (χ2n) is 2.42. The SMILES string of the molecule is C=NC1=C(C(=C)Br)CNCC1. The topological polar surface area (TPSA) is 24.4 Å². The van der Waals surface area contributed by atoms with Crippen molar-refractivity contribution < 1.29 is 0 Å². The number of aliphatic imine (C=N–C) groups is 1. The number of nitrogens with one attached hydrogen (secondary N) is 1. The van der Waals surface area contributed by atoms with E-state index in [1.165, 1.54) is 0 Å². The average Bonchev–Trinajstić information content (AvgIpc) is 2.04. The summed E-state index contributed by atoms with van der Waals surface area (Å²) in [5, 5.41) is 3.24. The Hall–Kier alpha value is -0.410. The second-order valence-corrected chi connectivity index (χ2v) is 3.37. The largest absolute Gasteiger partial charge is 0.312 e. The molecule has 0 aliphatic carbocycles. The molecule has 1 rings (SSSR count). The lowest BCUT2D eigenvalue weighted by Gasteiger charge is -2.17. The van der Waals surface area contributed by atoms with Crippen LogP contribution in [0.25, 0.3) is 0 Å². The van der Waals surface area contributed by atoms with Gasteiger partial charge < -0.3 is 5.32 Å². The summed E-state index contributed by atoms with van der Waals surface area (Å²) in [7, 11) is 0. The lowest BCUT2D eigenvalue weighted by molar-refractivity contribution is 0.682. The van der Waals surface area contributed by atoms with Crippen molar-refractivity contribution in [2.75, 3.05) is 13.1 Å². The van der Waals surface area contributed by atoms with E-state index >= 15 is 0 Å². The molecule has 1 N–H and O–H groups in total. The van der Waals surface area contributed by atoms with Crippen LogP contribution in [-0.2, 0) is 0 Å². The van der Waals surface area contributed by atoms with Crippen LogP contribution in [0.5, 0.6) is 0 Å². The molecule has 2 nitrogen and oxygen atoms in total. The Labute approximate surface area is 75.2 Å². The summed E-state index contributed by atoms with van der Waals surface area (Å²) in [6.45, 7) is 9.16. The van der Waals surface area contributed by atoms with E-state index in [9.17, 15) is 0 Å². The number of hydrogen-bond donors (Lipinski definition) is 1. The van der Waals surface area contributed by atoms with Crippen molar-refractivity contribution in [3.63, 3.8) is 0 Å². The van der Waals surface area contributed by atoms with Gasteiger partial charge in [-0.1, -0.05) is 22.5 Å². The lowest BCUT2D eigenvalue weighted by Crippen LogP contribution is -2.24. The van der Waals surface area contributed by atoms with Crippen LogP contribution in [0.15, 0.2) is 27.3 Å². The standard InChI is InChI=1S/C8H11BrN2/c1-6(9)7-5-11-4-3-8(7)10-2/h11H,1-5H2. The van der Waals surface area contributed by atoms with E-state index in [1.54, 1.807) is 0 Å². The molecule has 0 aromatic heterocycles. The van der Waals surface area contributed by atoms with E-state index in [2.05, 4.69) is 39.5 Å². The number of rotatable bonds is 2. The highest BCUT2D eigenvalue weighted by atomic mass is 79.9. The zero-order valence-corrected chi connectivity index (χ0v) is 7.95. The quantitative estimate of drug-likeness (QED) is 0.698. The summed E-state index contributed by atoms with van der Waals surface area (Å²) in [4.78, 5) is 3.95. The molecule has 0 saturated heterocycles. The van der Waals surface area contributed by atoms with Gasteiger partial charge in [-0.25, -0.2) is 0 Å². The summed E-state index contributed by atoms with van der Waals surface area (Å²) in [5.41, 5.74) is 2.21. The van der Waals surface area contributed by atoms with Crippen LogP contribution < -0.4 is 5.32 Å². The van der Waals surface area contributed by atoms with Gasteiger partial charge in [0, 0.05) is 35.3 Å². The van der Waals surface area contributed by atoms with Crippen LogP contribution >= 0.6 is 15.9 Å². The van der Waals surface area contributed by atoms with Gasteiger partial charge in [-0.3, -0.25) is 4.99 Å². The molecule has 0 aromatic rings. The van der Waals surface area contributed by atoms with E-state index in [-0.39, 0.29) is 0 Å². The number of halogens is 1. The Morgan fingerprint density at radius 2 is 2.36 bits per heavy atom. The Morgan fingerprint density at radius 3 is 2.82 bits per heavy atom. The maximum atomic E-state index is 3.95. The van der Waals surface area contributed by atoms with Crippen LogP contribution in [0.2, 0.25) is 0 Å². The Bertz CT molecular complexity index is 218. The molecule has 3 heteroatoms.